The summed E-state index contributed by atoms with van der Waals surface area (Å²) in [5.74, 6) is -1.89. The standard InChI is InChI=1S/C8H6N6O3/c15-6-2-1-4(3-5(6)7(16)17)9-10-8-11-13-14-12-8/h1-3,15H,(H,16,17)(H,11,12,13,14)/p-1. The van der Waals surface area contributed by atoms with Crippen molar-refractivity contribution in [3.8, 4) is 5.75 Å². The molecule has 0 fully saturated rings. The molecule has 9 nitrogen and oxygen atoms in total. The Hall–Kier alpha value is -2.84. The molecule has 0 aliphatic carbocycles. The second-order valence-corrected chi connectivity index (χ2v) is 2.90. The molecule has 86 valence electrons. The van der Waals surface area contributed by atoms with E-state index in [-0.39, 0.29) is 17.2 Å². The summed E-state index contributed by atoms with van der Waals surface area (Å²) in [6.07, 6.45) is 0. The van der Waals surface area contributed by atoms with Crippen LogP contribution in [0.15, 0.2) is 28.4 Å². The topological polar surface area (TPSA) is 140 Å². The first kappa shape index (κ1) is 10.7. The average molecular weight is 233 g/mol. The van der Waals surface area contributed by atoms with Gasteiger partial charge in [0.1, 0.15) is 0 Å². The Balaban J connectivity index is 2.28. The number of carboxylic acid groups (broad SMARTS) is 1. The number of nitrogens with one attached hydrogen (secondary N) is 1. The molecule has 2 aromatic rings. The second-order valence-electron chi connectivity index (χ2n) is 2.90. The van der Waals surface area contributed by atoms with Gasteiger partial charge in [-0.2, -0.15) is 5.21 Å². The zero-order valence-corrected chi connectivity index (χ0v) is 8.23. The van der Waals surface area contributed by atoms with Crippen LogP contribution in [-0.4, -0.2) is 31.7 Å². The van der Waals surface area contributed by atoms with E-state index >= 15 is 0 Å². The molecule has 0 unspecified atom stereocenters. The molecule has 0 aliphatic heterocycles. The number of hydrogen-bond acceptors (Lipinski definition) is 7. The van der Waals surface area contributed by atoms with Crippen molar-refractivity contribution in [1.82, 2.24) is 20.6 Å². The van der Waals surface area contributed by atoms with Crippen LogP contribution in [0.2, 0.25) is 0 Å². The largest absolute Gasteiger partial charge is 0.872 e. The molecule has 0 spiro atoms. The highest BCUT2D eigenvalue weighted by Crippen LogP contribution is 2.22. The van der Waals surface area contributed by atoms with Crippen molar-refractivity contribution in [2.24, 2.45) is 10.2 Å². The number of aromatic amines is 1. The molecule has 0 amide bonds. The number of aromatic nitrogens is 4. The van der Waals surface area contributed by atoms with Crippen LogP contribution in [0.1, 0.15) is 10.4 Å². The van der Waals surface area contributed by atoms with Gasteiger partial charge in [-0.3, -0.25) is 0 Å². The molecule has 0 radical (unpaired) electrons. The van der Waals surface area contributed by atoms with Crippen molar-refractivity contribution in [3.63, 3.8) is 0 Å². The van der Waals surface area contributed by atoms with Crippen LogP contribution >= 0.6 is 0 Å². The highest BCUT2D eigenvalue weighted by Gasteiger charge is 2.04. The Labute approximate surface area is 93.8 Å². The highest BCUT2D eigenvalue weighted by molar-refractivity contribution is 5.91. The third-order valence-electron chi connectivity index (χ3n) is 1.78. The van der Waals surface area contributed by atoms with Gasteiger partial charge in [0.25, 0.3) is 0 Å². The Morgan fingerprint density at radius 3 is 2.88 bits per heavy atom. The van der Waals surface area contributed by atoms with Crippen LogP contribution in [0.5, 0.6) is 5.75 Å². The van der Waals surface area contributed by atoms with Crippen LogP contribution in [0.25, 0.3) is 0 Å². The summed E-state index contributed by atoms with van der Waals surface area (Å²) in [6.45, 7) is 0. The normalized spacial score (nSPS) is 10.8. The van der Waals surface area contributed by atoms with E-state index in [1.54, 1.807) is 0 Å². The second kappa shape index (κ2) is 4.35. The number of carboxylic acids is 1. The first-order chi connectivity index (χ1) is 8.16. The predicted molar refractivity (Wildman–Crippen MR) is 51.2 cm³/mol. The van der Waals surface area contributed by atoms with Gasteiger partial charge in [0.15, 0.2) is 0 Å². The van der Waals surface area contributed by atoms with Crippen LogP contribution in [0, 0.1) is 0 Å². The van der Waals surface area contributed by atoms with Crippen molar-refractivity contribution in [2.45, 2.75) is 0 Å². The lowest BCUT2D eigenvalue weighted by atomic mass is 10.2. The SMILES string of the molecule is O=C(O)c1cc(N=Nc2nn[nH]n2)ccc1[O-]. The lowest BCUT2D eigenvalue weighted by Crippen LogP contribution is -2.02. The van der Waals surface area contributed by atoms with Crippen molar-refractivity contribution < 1.29 is 15.0 Å². The third kappa shape index (κ3) is 2.40. The number of tetrazole rings is 1. The molecule has 1 heterocycles. The van der Waals surface area contributed by atoms with E-state index in [2.05, 4.69) is 30.9 Å². The smallest absolute Gasteiger partial charge is 0.335 e. The molecule has 1 aromatic heterocycles. The molecule has 2 rings (SSSR count). The summed E-state index contributed by atoms with van der Waals surface area (Å²) in [4.78, 5) is 10.7. The maximum absolute atomic E-state index is 11.2. The minimum atomic E-state index is -1.31. The maximum Gasteiger partial charge on any atom is 0.335 e. The minimum Gasteiger partial charge on any atom is -0.872 e. The van der Waals surface area contributed by atoms with E-state index in [4.69, 9.17) is 5.11 Å². The van der Waals surface area contributed by atoms with E-state index < -0.39 is 11.7 Å². The van der Waals surface area contributed by atoms with E-state index in [0.717, 1.165) is 12.1 Å². The molecule has 2 N–H and O–H groups in total. The molecule has 9 heteroatoms. The number of azo groups is 1. The summed E-state index contributed by atoms with van der Waals surface area (Å²) >= 11 is 0. The number of aromatic carboxylic acids is 1. The average Bonchev–Trinajstić information content (AvgIpc) is 2.80. The summed E-state index contributed by atoms with van der Waals surface area (Å²) in [7, 11) is 0. The van der Waals surface area contributed by atoms with Crippen LogP contribution in [-0.2, 0) is 0 Å². The van der Waals surface area contributed by atoms with E-state index in [9.17, 15) is 9.90 Å². The fraction of sp³-hybridized carbons (Fsp3) is 0. The summed E-state index contributed by atoms with van der Waals surface area (Å²) in [6, 6.07) is 3.57. The first-order valence-corrected chi connectivity index (χ1v) is 4.36. The van der Waals surface area contributed by atoms with Crippen LogP contribution in [0.4, 0.5) is 11.6 Å². The first-order valence-electron chi connectivity index (χ1n) is 4.36. The van der Waals surface area contributed by atoms with Crippen molar-refractivity contribution >= 4 is 17.6 Å². The number of rotatable bonds is 3. The predicted octanol–water partition coefficient (Wildman–Crippen LogP) is 0.387. The Morgan fingerprint density at radius 1 is 1.41 bits per heavy atom. The molecule has 0 saturated carbocycles. The van der Waals surface area contributed by atoms with Gasteiger partial charge in [-0.05, 0) is 17.3 Å². The summed E-state index contributed by atoms with van der Waals surface area (Å²) < 4.78 is 0. The maximum atomic E-state index is 11.2. The molecule has 1 aromatic carbocycles. The summed E-state index contributed by atoms with van der Waals surface area (Å²) in [5.41, 5.74) is -0.152. The van der Waals surface area contributed by atoms with Crippen molar-refractivity contribution in [3.05, 3.63) is 23.8 Å². The number of carbonyl (C=O) groups is 1. The molecular weight excluding hydrogens is 228 g/mol. The van der Waals surface area contributed by atoms with Gasteiger partial charge in [0.2, 0.25) is 0 Å². The van der Waals surface area contributed by atoms with Gasteiger partial charge in [-0.25, -0.2) is 4.79 Å². The van der Waals surface area contributed by atoms with Crippen LogP contribution < -0.4 is 5.11 Å². The van der Waals surface area contributed by atoms with Crippen molar-refractivity contribution in [2.75, 3.05) is 0 Å². The number of hydrogen-bond donors (Lipinski definition) is 2. The fourth-order valence-electron chi connectivity index (χ4n) is 1.05. The van der Waals surface area contributed by atoms with E-state index in [1.165, 1.54) is 6.07 Å². The van der Waals surface area contributed by atoms with Gasteiger partial charge >= 0.3 is 11.9 Å². The van der Waals surface area contributed by atoms with Crippen molar-refractivity contribution in [1.29, 1.82) is 0 Å². The van der Waals surface area contributed by atoms with Gasteiger partial charge in [-0.1, -0.05) is 16.9 Å². The molecule has 0 saturated heterocycles. The van der Waals surface area contributed by atoms with Gasteiger partial charge in [-0.15, -0.1) is 15.3 Å². The molecular formula is C8H5N6O3-. The fourth-order valence-corrected chi connectivity index (χ4v) is 1.05. The minimum absolute atomic E-state index is 0.00748. The van der Waals surface area contributed by atoms with Crippen LogP contribution in [0.3, 0.4) is 0 Å². The van der Waals surface area contributed by atoms with E-state index in [1.807, 2.05) is 0 Å². The molecule has 0 aliphatic rings. The number of H-pyrrole nitrogens is 1. The summed E-state index contributed by atoms with van der Waals surface area (Å²) in [5, 5.41) is 39.6. The quantitative estimate of drug-likeness (QED) is 0.734. The number of nitrogens with zero attached hydrogens (tertiary/aromatic N) is 5. The molecule has 0 atom stereocenters. The molecule has 0 bridgehead atoms. The van der Waals surface area contributed by atoms with Gasteiger partial charge < -0.3 is 10.2 Å². The zero-order chi connectivity index (χ0) is 12.3. The Morgan fingerprint density at radius 2 is 2.24 bits per heavy atom. The van der Waals surface area contributed by atoms with E-state index in [0.29, 0.717) is 0 Å². The lowest BCUT2D eigenvalue weighted by molar-refractivity contribution is -0.268. The monoisotopic (exact) mass is 233 g/mol. The van der Waals surface area contributed by atoms with Gasteiger partial charge in [0.05, 0.1) is 11.3 Å². The molecule has 17 heavy (non-hydrogen) atoms. The van der Waals surface area contributed by atoms with Gasteiger partial charge in [0, 0.05) is 0 Å². The Kier molecular flexibility index (Phi) is 2.73. The highest BCUT2D eigenvalue weighted by atomic mass is 16.4. The number of benzene rings is 1. The lowest BCUT2D eigenvalue weighted by Gasteiger charge is -2.08. The zero-order valence-electron chi connectivity index (χ0n) is 8.23. The Bertz CT molecular complexity index is 565. The third-order valence-corrected chi connectivity index (χ3v) is 1.78.